The molecule has 0 aliphatic carbocycles. The Labute approximate surface area is 360 Å². The van der Waals surface area contributed by atoms with Crippen molar-refractivity contribution in [2.75, 3.05) is 14.2 Å². The van der Waals surface area contributed by atoms with Gasteiger partial charge < -0.3 is 30.6 Å². The summed E-state index contributed by atoms with van der Waals surface area (Å²) in [5.74, 6) is -1.91. The Hall–Kier alpha value is -2.89. The first-order valence-corrected chi connectivity index (χ1v) is 17.9. The molecule has 2 aromatic carbocycles. The molecule has 0 aromatic heterocycles. The molecule has 0 N–H and O–H groups in total. The van der Waals surface area contributed by atoms with Crippen LogP contribution in [-0.2, 0) is 79.0 Å². The fourth-order valence-corrected chi connectivity index (χ4v) is 5.48. The molecule has 305 valence electrons. The van der Waals surface area contributed by atoms with Crippen LogP contribution in [0, 0.1) is 10.8 Å². The minimum Gasteiger partial charge on any atom is -0.875 e. The van der Waals surface area contributed by atoms with Crippen LogP contribution in [0.4, 0.5) is 0 Å². The average Bonchev–Trinajstić information content (AvgIpc) is 3.76. The van der Waals surface area contributed by atoms with Crippen LogP contribution < -0.4 is 30.6 Å². The van der Waals surface area contributed by atoms with Gasteiger partial charge in [0.15, 0.2) is 33.9 Å². The van der Waals surface area contributed by atoms with E-state index in [9.17, 15) is 39.6 Å². The van der Waals surface area contributed by atoms with Crippen molar-refractivity contribution in [2.45, 2.75) is 90.7 Å². The van der Waals surface area contributed by atoms with Crippen LogP contribution >= 0.6 is 23.2 Å². The van der Waals surface area contributed by atoms with Crippen LogP contribution in [0.25, 0.3) is 0 Å². The standard InChI is InChI=1S/2C18H22O4.C2H2Cl3.2CH3O.2Fe/c2*1-11(19)17(12(2)20)9-15-6-5-7-16(8-15)10-18(13(3)21)14(4)22;3-1-2(4)5-1;2*1-2;;/h2*5-8,19,21H,9-10H2,1-4H3;1-2H;2*1H3;;/q;;+1;2*-1;+2;+3/p-4/b2*17-11-,18-13-;;;;;/t;;1-,2-;;;;/m..0..../s1. The number of carbonyl (C=O) groups is 4. The van der Waals surface area contributed by atoms with Crippen molar-refractivity contribution < 1.29 is 94.7 Å². The monoisotopic (exact) mass is 905 g/mol. The van der Waals surface area contributed by atoms with Gasteiger partial charge in [0.05, 0.1) is 0 Å². The van der Waals surface area contributed by atoms with Crippen molar-refractivity contribution in [3.63, 3.8) is 0 Å². The molecule has 1 radical (unpaired) electrons. The Morgan fingerprint density at radius 1 is 0.491 bits per heavy atom. The van der Waals surface area contributed by atoms with Gasteiger partial charge in [-0.3, -0.25) is 19.2 Å². The van der Waals surface area contributed by atoms with E-state index in [1.807, 2.05) is 47.2 Å². The van der Waals surface area contributed by atoms with Crippen molar-refractivity contribution >= 4 is 46.3 Å². The molecule has 1 saturated heterocycles. The molecule has 2 aromatic rings. The normalized spacial score (nSPS) is 15.3. The second kappa shape index (κ2) is 31.2. The van der Waals surface area contributed by atoms with Gasteiger partial charge in [-0.1, -0.05) is 76.2 Å². The summed E-state index contributed by atoms with van der Waals surface area (Å²) in [6, 6.07) is 14.5. The Bertz CT molecular complexity index is 1440. The number of allylic oxidation sites excluding steroid dienone is 8. The van der Waals surface area contributed by atoms with Gasteiger partial charge in [-0.15, -0.1) is 23.0 Å². The second-order valence-corrected chi connectivity index (χ2v) is 14.1. The fraction of sp³-hybridized carbons (Fsp3) is 0.400. The van der Waals surface area contributed by atoms with Crippen LogP contribution in [0.5, 0.6) is 0 Å². The van der Waals surface area contributed by atoms with E-state index in [1.165, 1.54) is 55.4 Å². The molecule has 3 rings (SSSR count). The average molecular weight is 907 g/mol. The summed E-state index contributed by atoms with van der Waals surface area (Å²) in [5, 5.41) is 62.4. The van der Waals surface area contributed by atoms with Crippen molar-refractivity contribution in [1.29, 1.82) is 0 Å². The van der Waals surface area contributed by atoms with Crippen molar-refractivity contribution in [2.24, 2.45) is 0 Å². The maximum absolute atomic E-state index is 11.5. The minimum atomic E-state index is -0.238. The molecule has 15 heteroatoms. The van der Waals surface area contributed by atoms with Crippen LogP contribution in [0.2, 0.25) is 0 Å². The summed E-state index contributed by atoms with van der Waals surface area (Å²) in [6.45, 7) is 11.0. The molecule has 1 aliphatic heterocycles. The zero-order chi connectivity index (χ0) is 41.6. The van der Waals surface area contributed by atoms with E-state index in [0.717, 1.165) is 36.5 Å². The van der Waals surface area contributed by atoms with E-state index in [1.54, 1.807) is 12.1 Å². The molecule has 1 aliphatic rings. The molecule has 0 amide bonds. The van der Waals surface area contributed by atoms with Crippen LogP contribution in [0.3, 0.4) is 0 Å². The maximum atomic E-state index is 11.5. The third-order valence-electron chi connectivity index (χ3n) is 7.27. The largest absolute Gasteiger partial charge is 3.00 e. The summed E-state index contributed by atoms with van der Waals surface area (Å²) in [6.07, 6.45) is 1.03. The molecule has 0 bridgehead atoms. The zero-order valence-corrected chi connectivity index (χ0v) is 37.0. The van der Waals surface area contributed by atoms with Gasteiger partial charge in [-0.05, 0) is 121 Å². The molecule has 2 atom stereocenters. The van der Waals surface area contributed by atoms with Gasteiger partial charge in [0, 0.05) is 0 Å². The van der Waals surface area contributed by atoms with Gasteiger partial charge in [0.2, 0.25) is 0 Å². The van der Waals surface area contributed by atoms with E-state index in [2.05, 4.69) is 0 Å². The third-order valence-corrected chi connectivity index (χ3v) is 9.43. The minimum absolute atomic E-state index is 0. The topological polar surface area (TPSA) is 207 Å². The Kier molecular flexibility index (Phi) is 33.4. The second-order valence-electron chi connectivity index (χ2n) is 11.5. The fourth-order valence-electron chi connectivity index (χ4n) is 4.58. The van der Waals surface area contributed by atoms with Gasteiger partial charge in [-0.25, -0.2) is 0 Å². The van der Waals surface area contributed by atoms with Gasteiger partial charge in [0.1, 0.15) is 0 Å². The van der Waals surface area contributed by atoms with E-state index in [-0.39, 0.29) is 138 Å². The number of carbonyl (C=O) groups excluding carboxylic acids is 4. The van der Waals surface area contributed by atoms with E-state index >= 15 is 0 Å². The molecular formula is C40H48Cl3Fe2O10. The number of benzene rings is 2. The van der Waals surface area contributed by atoms with Crippen LogP contribution in [-0.4, -0.2) is 47.0 Å². The smallest absolute Gasteiger partial charge is 0.875 e. The summed E-state index contributed by atoms with van der Waals surface area (Å²) in [4.78, 5) is 46.2. The quantitative estimate of drug-likeness (QED) is 0.130. The SMILES string of the molecule is CC(=O)/C(Cc1cccc(C/C(C(C)=O)=C(\C)[O-])c1)=C(/C)[O-].CC(=O)/C(Cc1cccc(C/C(C(C)=O)=C(\C)[O-])c1)=C(/C)[O-].C[O-].C[O-].Cl[C@H]1[Cl+][C@@H]1Cl.[Fe+2].[Fe+3]. The third kappa shape index (κ3) is 24.4. The molecule has 55 heavy (non-hydrogen) atoms. The number of hydrogen-bond acceptors (Lipinski definition) is 10. The van der Waals surface area contributed by atoms with Crippen LogP contribution in [0.1, 0.15) is 77.6 Å². The van der Waals surface area contributed by atoms with Gasteiger partial charge >= 0.3 is 43.8 Å². The van der Waals surface area contributed by atoms with Gasteiger partial charge in [-0.2, -0.15) is 14.2 Å². The van der Waals surface area contributed by atoms with Crippen molar-refractivity contribution in [1.82, 2.24) is 0 Å². The number of hydrogen-bond donors (Lipinski definition) is 0. The summed E-state index contributed by atoms with van der Waals surface area (Å²) >= 11 is 10.7. The number of alkyl halides is 4. The molecule has 0 unspecified atom stereocenters. The number of ketones is 4. The first-order chi connectivity index (χ1) is 24.7. The summed E-state index contributed by atoms with van der Waals surface area (Å²) in [5.41, 5.74) is 4.24. The van der Waals surface area contributed by atoms with Crippen molar-refractivity contribution in [3.05, 3.63) is 116 Å². The molecule has 0 saturated carbocycles. The zero-order valence-electron chi connectivity index (χ0n) is 32.5. The van der Waals surface area contributed by atoms with Crippen molar-refractivity contribution in [3.8, 4) is 0 Å². The molecule has 10 nitrogen and oxygen atoms in total. The predicted molar refractivity (Wildman–Crippen MR) is 192 cm³/mol. The Morgan fingerprint density at radius 3 is 0.764 bits per heavy atom. The molecule has 1 fully saturated rings. The first kappa shape index (κ1) is 58.8. The van der Waals surface area contributed by atoms with Crippen LogP contribution in [0.15, 0.2) is 93.9 Å². The molecule has 0 spiro atoms. The maximum Gasteiger partial charge on any atom is 3.00 e. The summed E-state index contributed by atoms with van der Waals surface area (Å²) < 4.78 is 0. The Morgan fingerprint density at radius 2 is 0.655 bits per heavy atom. The Balaban J connectivity index is -0.000000375. The molecular weight excluding hydrogens is 858 g/mol. The van der Waals surface area contributed by atoms with E-state index < -0.39 is 0 Å². The number of Topliss-reactive ketones (excluding diaryl/α,β-unsaturated/α-hetero) is 4. The number of halogens is 3. The van der Waals surface area contributed by atoms with E-state index in [0.29, 0.717) is 0 Å². The van der Waals surface area contributed by atoms with Gasteiger partial charge in [0.25, 0.3) is 0 Å². The van der Waals surface area contributed by atoms with E-state index in [4.69, 9.17) is 33.4 Å². The number of rotatable bonds is 12. The predicted octanol–water partition coefficient (Wildman–Crippen LogP) is 1.60. The first-order valence-electron chi connectivity index (χ1n) is 16.1. The summed E-state index contributed by atoms with van der Waals surface area (Å²) in [7, 11) is 3.46. The molecule has 1 heterocycles.